The van der Waals surface area contributed by atoms with Crippen LogP contribution < -0.4 is 10.1 Å². The maximum absolute atomic E-state index is 5.49. The Kier molecular flexibility index (Phi) is 4.02. The number of nitrogens with one attached hydrogen (secondary N) is 1. The maximum atomic E-state index is 5.49. The van der Waals surface area contributed by atoms with Gasteiger partial charge in [-0.15, -0.1) is 0 Å². The van der Waals surface area contributed by atoms with Crippen LogP contribution in [0, 0.1) is 0 Å². The maximum Gasteiger partial charge on any atom is 0.167 e. The van der Waals surface area contributed by atoms with Gasteiger partial charge in [-0.2, -0.15) is 0 Å². The molecule has 1 aromatic heterocycles. The lowest BCUT2D eigenvalue weighted by Gasteiger charge is -2.11. The molecule has 0 amide bonds. The van der Waals surface area contributed by atoms with E-state index in [9.17, 15) is 0 Å². The third-order valence-corrected chi connectivity index (χ3v) is 3.82. The summed E-state index contributed by atoms with van der Waals surface area (Å²) in [5.41, 5.74) is 2.04. The third-order valence-electron chi connectivity index (χ3n) is 3.82. The predicted octanol–water partition coefficient (Wildman–Crippen LogP) is 3.55. The molecule has 0 bridgehead atoms. The van der Waals surface area contributed by atoms with Gasteiger partial charge in [0.15, 0.2) is 5.76 Å². The van der Waals surface area contributed by atoms with Crippen LogP contribution in [0.5, 0.6) is 5.75 Å². The Hall–Kier alpha value is -1.81. The van der Waals surface area contributed by atoms with E-state index in [2.05, 4.69) is 10.5 Å². The Morgan fingerprint density at radius 2 is 2.05 bits per heavy atom. The molecule has 0 spiro atoms. The monoisotopic (exact) mass is 272 g/mol. The fraction of sp³-hybridized carbons (Fsp3) is 0.438. The number of benzene rings is 1. The molecular formula is C16H20N2O2. The van der Waals surface area contributed by atoms with Gasteiger partial charge in [0.1, 0.15) is 11.4 Å². The molecule has 20 heavy (non-hydrogen) atoms. The van der Waals surface area contributed by atoms with Crippen LogP contribution in [0.25, 0.3) is 11.3 Å². The van der Waals surface area contributed by atoms with Crippen LogP contribution in [0.1, 0.15) is 37.4 Å². The molecule has 2 heterocycles. The summed E-state index contributed by atoms with van der Waals surface area (Å²) in [5, 5.41) is 7.77. The van der Waals surface area contributed by atoms with Crippen LogP contribution in [-0.2, 0) is 0 Å². The SMILES string of the molecule is COc1ccc(-c2cc([C@H]3CCCCCN3)no2)cc1. The summed E-state index contributed by atoms with van der Waals surface area (Å²) in [7, 11) is 1.67. The van der Waals surface area contributed by atoms with Gasteiger partial charge in [0.25, 0.3) is 0 Å². The zero-order valence-electron chi connectivity index (χ0n) is 11.8. The number of ether oxygens (including phenoxy) is 1. The van der Waals surface area contributed by atoms with Crippen molar-refractivity contribution >= 4 is 0 Å². The van der Waals surface area contributed by atoms with Crippen molar-refractivity contribution in [2.45, 2.75) is 31.7 Å². The average molecular weight is 272 g/mol. The first-order chi connectivity index (χ1) is 9.86. The normalized spacial score (nSPS) is 19.6. The van der Waals surface area contributed by atoms with Gasteiger partial charge in [-0.25, -0.2) is 0 Å². The van der Waals surface area contributed by atoms with E-state index >= 15 is 0 Å². The quantitative estimate of drug-likeness (QED) is 0.928. The third kappa shape index (κ3) is 2.85. The van der Waals surface area contributed by atoms with Crippen LogP contribution in [0.4, 0.5) is 0 Å². The second-order valence-electron chi connectivity index (χ2n) is 5.20. The van der Waals surface area contributed by atoms with Gasteiger partial charge in [0, 0.05) is 11.6 Å². The van der Waals surface area contributed by atoms with E-state index in [0.29, 0.717) is 6.04 Å². The molecule has 0 saturated carbocycles. The Labute approximate surface area is 119 Å². The van der Waals surface area contributed by atoms with E-state index in [-0.39, 0.29) is 0 Å². The summed E-state index contributed by atoms with van der Waals surface area (Å²) < 4.78 is 10.7. The van der Waals surface area contributed by atoms with Crippen molar-refractivity contribution in [1.29, 1.82) is 0 Å². The zero-order chi connectivity index (χ0) is 13.8. The van der Waals surface area contributed by atoms with Crippen molar-refractivity contribution in [1.82, 2.24) is 10.5 Å². The van der Waals surface area contributed by atoms with E-state index < -0.39 is 0 Å². The molecule has 1 aliphatic rings. The van der Waals surface area contributed by atoms with Gasteiger partial charge in [-0.1, -0.05) is 18.0 Å². The summed E-state index contributed by atoms with van der Waals surface area (Å²) in [6.45, 7) is 1.06. The van der Waals surface area contributed by atoms with Crippen LogP contribution >= 0.6 is 0 Å². The van der Waals surface area contributed by atoms with E-state index in [4.69, 9.17) is 9.26 Å². The molecule has 1 N–H and O–H groups in total. The van der Waals surface area contributed by atoms with E-state index in [1.807, 2.05) is 30.3 Å². The van der Waals surface area contributed by atoms with Gasteiger partial charge < -0.3 is 14.6 Å². The zero-order valence-corrected chi connectivity index (χ0v) is 11.8. The minimum absolute atomic E-state index is 0.327. The standard InChI is InChI=1S/C16H20N2O2/c1-19-13-8-6-12(7-9-13)16-11-15(18-20-16)14-5-3-2-4-10-17-14/h6-9,11,14,17H,2-5,10H2,1H3/t14-/m1/s1. The Bertz CT molecular complexity index is 540. The summed E-state index contributed by atoms with van der Waals surface area (Å²) in [5.74, 6) is 1.66. The van der Waals surface area contributed by atoms with Crippen molar-refractivity contribution in [3.05, 3.63) is 36.0 Å². The molecule has 1 aliphatic heterocycles. The Balaban J connectivity index is 1.78. The molecule has 1 fully saturated rings. The molecule has 0 unspecified atom stereocenters. The second kappa shape index (κ2) is 6.09. The van der Waals surface area contributed by atoms with Crippen molar-refractivity contribution in [3.8, 4) is 17.1 Å². The molecule has 0 aliphatic carbocycles. The first kappa shape index (κ1) is 13.2. The highest BCUT2D eigenvalue weighted by Crippen LogP contribution is 2.27. The smallest absolute Gasteiger partial charge is 0.167 e. The molecular weight excluding hydrogens is 252 g/mol. The molecule has 3 rings (SSSR count). The van der Waals surface area contributed by atoms with E-state index in [1.165, 1.54) is 19.3 Å². The average Bonchev–Trinajstić information content (AvgIpc) is 2.83. The van der Waals surface area contributed by atoms with Gasteiger partial charge in [0.05, 0.1) is 13.2 Å². The van der Waals surface area contributed by atoms with Gasteiger partial charge in [-0.3, -0.25) is 0 Å². The number of aromatic nitrogens is 1. The van der Waals surface area contributed by atoms with Crippen molar-refractivity contribution in [2.75, 3.05) is 13.7 Å². The van der Waals surface area contributed by atoms with Crippen molar-refractivity contribution < 1.29 is 9.26 Å². The lowest BCUT2D eigenvalue weighted by Crippen LogP contribution is -2.20. The number of rotatable bonds is 3. The van der Waals surface area contributed by atoms with Crippen LogP contribution in [0.2, 0.25) is 0 Å². The topological polar surface area (TPSA) is 47.3 Å². The van der Waals surface area contributed by atoms with Gasteiger partial charge >= 0.3 is 0 Å². The summed E-state index contributed by atoms with van der Waals surface area (Å²) in [6, 6.07) is 10.2. The highest BCUT2D eigenvalue weighted by atomic mass is 16.5. The highest BCUT2D eigenvalue weighted by Gasteiger charge is 2.18. The lowest BCUT2D eigenvalue weighted by atomic mass is 10.1. The molecule has 4 nitrogen and oxygen atoms in total. The van der Waals surface area contributed by atoms with E-state index in [1.54, 1.807) is 7.11 Å². The molecule has 4 heteroatoms. The molecule has 0 radical (unpaired) electrons. The van der Waals surface area contributed by atoms with Crippen molar-refractivity contribution in [2.24, 2.45) is 0 Å². The van der Waals surface area contributed by atoms with Crippen LogP contribution in [-0.4, -0.2) is 18.8 Å². The molecule has 1 aromatic carbocycles. The van der Waals surface area contributed by atoms with Crippen LogP contribution in [0.15, 0.2) is 34.9 Å². The molecule has 106 valence electrons. The minimum Gasteiger partial charge on any atom is -0.497 e. The van der Waals surface area contributed by atoms with Gasteiger partial charge in [-0.05, 0) is 43.7 Å². The predicted molar refractivity (Wildman–Crippen MR) is 77.7 cm³/mol. The van der Waals surface area contributed by atoms with Gasteiger partial charge in [0.2, 0.25) is 0 Å². The van der Waals surface area contributed by atoms with E-state index in [0.717, 1.165) is 35.7 Å². The number of hydrogen-bond donors (Lipinski definition) is 1. The number of methoxy groups -OCH3 is 1. The number of nitrogens with zero attached hydrogens (tertiary/aromatic N) is 1. The summed E-state index contributed by atoms with van der Waals surface area (Å²) in [6.07, 6.45) is 4.93. The highest BCUT2D eigenvalue weighted by molar-refractivity contribution is 5.58. The number of hydrogen-bond acceptors (Lipinski definition) is 4. The fourth-order valence-corrected chi connectivity index (χ4v) is 2.63. The first-order valence-electron chi connectivity index (χ1n) is 7.21. The Morgan fingerprint density at radius 1 is 1.20 bits per heavy atom. The summed E-state index contributed by atoms with van der Waals surface area (Å²) in [4.78, 5) is 0. The minimum atomic E-state index is 0.327. The Morgan fingerprint density at radius 3 is 2.85 bits per heavy atom. The van der Waals surface area contributed by atoms with Crippen LogP contribution in [0.3, 0.4) is 0 Å². The summed E-state index contributed by atoms with van der Waals surface area (Å²) >= 11 is 0. The van der Waals surface area contributed by atoms with Crippen molar-refractivity contribution in [3.63, 3.8) is 0 Å². The first-order valence-corrected chi connectivity index (χ1v) is 7.21. The lowest BCUT2D eigenvalue weighted by molar-refractivity contribution is 0.402. The second-order valence-corrected chi connectivity index (χ2v) is 5.20. The largest absolute Gasteiger partial charge is 0.497 e. The molecule has 1 saturated heterocycles. The molecule has 1 atom stereocenters. The fourth-order valence-electron chi connectivity index (χ4n) is 2.63. The molecule has 2 aromatic rings.